The van der Waals surface area contributed by atoms with Crippen LogP contribution in [-0.4, -0.2) is 82.6 Å². The van der Waals surface area contributed by atoms with E-state index in [4.69, 9.17) is 4.74 Å². The minimum atomic E-state index is -0.584. The number of ether oxygens (including phenoxy) is 1. The summed E-state index contributed by atoms with van der Waals surface area (Å²) in [5.41, 5.74) is 1.88. The Morgan fingerprint density at radius 3 is 2.61 bits per heavy atom. The average Bonchev–Trinajstić information content (AvgIpc) is 3.24. The lowest BCUT2D eigenvalue weighted by molar-refractivity contribution is -0.119. The Bertz CT molecular complexity index is 1120. The summed E-state index contributed by atoms with van der Waals surface area (Å²) in [7, 11) is 0. The van der Waals surface area contributed by atoms with E-state index in [9.17, 15) is 24.9 Å². The number of aromatic nitrogens is 1. The molecule has 2 saturated heterocycles. The molecule has 0 bridgehead atoms. The molecule has 1 aromatic carbocycles. The van der Waals surface area contributed by atoms with E-state index in [0.717, 1.165) is 0 Å². The molecule has 2 amide bonds. The summed E-state index contributed by atoms with van der Waals surface area (Å²) in [5, 5.41) is 31.9. The van der Waals surface area contributed by atoms with Crippen LogP contribution in [0, 0.1) is 5.82 Å². The summed E-state index contributed by atoms with van der Waals surface area (Å²) in [6, 6.07) is 4.63. The first-order chi connectivity index (χ1) is 17.3. The number of cyclic esters (lactones) is 1. The molecule has 4 rings (SSSR count). The Morgan fingerprint density at radius 1 is 1.22 bits per heavy atom. The van der Waals surface area contributed by atoms with Gasteiger partial charge in [-0.2, -0.15) is 0 Å². The molecule has 3 heterocycles. The highest BCUT2D eigenvalue weighted by Crippen LogP contribution is 2.30. The summed E-state index contributed by atoms with van der Waals surface area (Å²) >= 11 is 0. The van der Waals surface area contributed by atoms with Crippen molar-refractivity contribution in [3.8, 4) is 5.75 Å². The highest BCUT2D eigenvalue weighted by Gasteiger charge is 2.33. The van der Waals surface area contributed by atoms with Crippen molar-refractivity contribution in [1.82, 2.24) is 15.2 Å². The van der Waals surface area contributed by atoms with Crippen LogP contribution in [0.2, 0.25) is 0 Å². The van der Waals surface area contributed by atoms with E-state index < -0.39 is 24.6 Å². The van der Waals surface area contributed by atoms with Gasteiger partial charge < -0.3 is 30.3 Å². The quantitative estimate of drug-likeness (QED) is 0.410. The molecule has 2 aliphatic rings. The van der Waals surface area contributed by atoms with Crippen molar-refractivity contribution in [2.24, 2.45) is 0 Å². The minimum Gasteiger partial charge on any atom is -0.506 e. The Hall–Kier alpha value is -3.48. The number of anilines is 2. The molecule has 1 atom stereocenters. The van der Waals surface area contributed by atoms with Crippen molar-refractivity contribution in [1.29, 1.82) is 0 Å². The number of nitrogens with zero attached hydrogens (tertiary/aromatic N) is 4. The van der Waals surface area contributed by atoms with Crippen LogP contribution < -0.4 is 15.1 Å². The van der Waals surface area contributed by atoms with Crippen LogP contribution in [0.15, 0.2) is 24.4 Å². The number of carbonyl (C=O) groups excluding carboxylic acids is 2. The third kappa shape index (κ3) is 5.50. The topological polar surface area (TPSA) is 139 Å². The van der Waals surface area contributed by atoms with E-state index >= 15 is 4.39 Å². The molecule has 0 saturated carbocycles. The average molecular weight is 504 g/mol. The molecule has 1 aromatic heterocycles. The van der Waals surface area contributed by atoms with Crippen molar-refractivity contribution in [3.05, 3.63) is 47.0 Å². The van der Waals surface area contributed by atoms with E-state index in [-0.39, 0.29) is 36.9 Å². The van der Waals surface area contributed by atoms with Crippen molar-refractivity contribution in [2.75, 3.05) is 49.1 Å². The van der Waals surface area contributed by atoms with Gasteiger partial charge in [0.1, 0.15) is 17.7 Å². The van der Waals surface area contributed by atoms with Gasteiger partial charge in [0.25, 0.3) is 0 Å². The first-order valence-electron chi connectivity index (χ1n) is 11.7. The van der Waals surface area contributed by atoms with Gasteiger partial charge in [0.15, 0.2) is 0 Å². The number of carbonyl (C=O) groups is 2. The van der Waals surface area contributed by atoms with E-state index in [2.05, 4.69) is 15.2 Å². The number of nitrogens with one attached hydrogen (secondary N) is 1. The van der Waals surface area contributed by atoms with E-state index in [1.54, 1.807) is 12.1 Å². The highest BCUT2D eigenvalue weighted by molar-refractivity contribution is 5.90. The maximum absolute atomic E-state index is 15.0. The molecule has 2 aromatic rings. The largest absolute Gasteiger partial charge is 0.506 e. The monoisotopic (exact) mass is 503 g/mol. The summed E-state index contributed by atoms with van der Waals surface area (Å²) < 4.78 is 20.3. The second-order valence-electron chi connectivity index (χ2n) is 8.83. The van der Waals surface area contributed by atoms with Gasteiger partial charge in [-0.25, -0.2) is 9.18 Å². The summed E-state index contributed by atoms with van der Waals surface area (Å²) in [6.07, 6.45) is 0.366. The minimum absolute atomic E-state index is 0.118. The Labute approximate surface area is 207 Å². The second-order valence-corrected chi connectivity index (χ2v) is 8.83. The fraction of sp³-hybridized carbons (Fsp3) is 0.458. The fourth-order valence-electron chi connectivity index (χ4n) is 4.42. The summed E-state index contributed by atoms with van der Waals surface area (Å²) in [5.74, 6) is -0.791. The van der Waals surface area contributed by atoms with Crippen molar-refractivity contribution >= 4 is 23.4 Å². The third-order valence-corrected chi connectivity index (χ3v) is 6.43. The Balaban J connectivity index is 1.36. The Kier molecular flexibility index (Phi) is 7.87. The van der Waals surface area contributed by atoms with Gasteiger partial charge in [0.2, 0.25) is 5.91 Å². The number of rotatable bonds is 8. The van der Waals surface area contributed by atoms with Gasteiger partial charge in [-0.15, -0.1) is 0 Å². The molecule has 4 N–H and O–H groups in total. The lowest BCUT2D eigenvalue weighted by atomic mass is 10.1. The van der Waals surface area contributed by atoms with Gasteiger partial charge >= 0.3 is 6.09 Å². The van der Waals surface area contributed by atoms with E-state index in [1.165, 1.54) is 24.1 Å². The first-order valence-corrected chi connectivity index (χ1v) is 11.7. The van der Waals surface area contributed by atoms with Crippen LogP contribution in [0.5, 0.6) is 5.75 Å². The van der Waals surface area contributed by atoms with Gasteiger partial charge in [-0.3, -0.25) is 19.6 Å². The standard InChI is InChI=1S/C24H30FN5O6/c1-15(33)26-10-18-11-30(24(35)36-18)17-2-3-22(20(25)8-17)29-6-4-28(5-7-29)12-21-23(34)19(14-32)16(13-31)9-27-21/h2-3,8-9,18,31-32,34H,4-7,10-14H2,1H3,(H,26,33)/t18-/m0/s1. The molecule has 0 spiro atoms. The van der Waals surface area contributed by atoms with Crippen molar-refractivity contribution in [2.45, 2.75) is 32.8 Å². The zero-order chi connectivity index (χ0) is 25.8. The molecule has 194 valence electrons. The number of hydrogen-bond donors (Lipinski definition) is 4. The zero-order valence-electron chi connectivity index (χ0n) is 20.0. The van der Waals surface area contributed by atoms with Crippen molar-refractivity contribution in [3.63, 3.8) is 0 Å². The predicted molar refractivity (Wildman–Crippen MR) is 128 cm³/mol. The molecule has 12 heteroatoms. The zero-order valence-corrected chi connectivity index (χ0v) is 20.0. The van der Waals surface area contributed by atoms with Crippen LogP contribution in [0.3, 0.4) is 0 Å². The first kappa shape index (κ1) is 25.6. The van der Waals surface area contributed by atoms with Crippen molar-refractivity contribution < 1.29 is 34.0 Å². The maximum atomic E-state index is 15.0. The highest BCUT2D eigenvalue weighted by atomic mass is 19.1. The number of amides is 2. The molecule has 0 radical (unpaired) electrons. The lowest BCUT2D eigenvalue weighted by Crippen LogP contribution is -2.46. The summed E-state index contributed by atoms with van der Waals surface area (Å²) in [4.78, 5) is 32.9. The maximum Gasteiger partial charge on any atom is 0.414 e. The molecular weight excluding hydrogens is 473 g/mol. The predicted octanol–water partition coefficient (Wildman–Crippen LogP) is 0.694. The van der Waals surface area contributed by atoms with Crippen LogP contribution in [0.4, 0.5) is 20.6 Å². The number of benzene rings is 1. The smallest absolute Gasteiger partial charge is 0.414 e. The number of aliphatic hydroxyl groups is 2. The molecule has 0 unspecified atom stereocenters. The number of piperazine rings is 1. The molecule has 11 nitrogen and oxygen atoms in total. The van der Waals surface area contributed by atoms with Crippen LogP contribution >= 0.6 is 0 Å². The van der Waals surface area contributed by atoms with Gasteiger partial charge in [0, 0.05) is 57.0 Å². The number of halogens is 1. The SMILES string of the molecule is CC(=O)NC[C@H]1CN(c2ccc(N3CCN(Cc4ncc(CO)c(CO)c4O)CC3)c(F)c2)C(=O)O1. The fourth-order valence-corrected chi connectivity index (χ4v) is 4.42. The second kappa shape index (κ2) is 11.1. The van der Waals surface area contributed by atoms with Crippen LogP contribution in [0.25, 0.3) is 0 Å². The normalized spacial score (nSPS) is 18.4. The molecule has 36 heavy (non-hydrogen) atoms. The number of hydrogen-bond acceptors (Lipinski definition) is 9. The molecule has 2 fully saturated rings. The van der Waals surface area contributed by atoms with E-state index in [1.807, 2.05) is 4.90 Å². The lowest BCUT2D eigenvalue weighted by Gasteiger charge is -2.36. The van der Waals surface area contributed by atoms with Crippen LogP contribution in [-0.2, 0) is 29.3 Å². The van der Waals surface area contributed by atoms with E-state index in [0.29, 0.717) is 55.4 Å². The molecular formula is C24H30FN5O6. The van der Waals surface area contributed by atoms with Gasteiger partial charge in [-0.05, 0) is 18.2 Å². The molecule has 0 aliphatic carbocycles. The number of pyridine rings is 1. The van der Waals surface area contributed by atoms with Gasteiger partial charge in [0.05, 0.1) is 43.4 Å². The Morgan fingerprint density at radius 2 is 1.97 bits per heavy atom. The van der Waals surface area contributed by atoms with Crippen LogP contribution in [0.1, 0.15) is 23.7 Å². The van der Waals surface area contributed by atoms with Gasteiger partial charge in [-0.1, -0.05) is 0 Å². The summed E-state index contributed by atoms with van der Waals surface area (Å²) in [6.45, 7) is 3.72. The number of aliphatic hydroxyl groups excluding tert-OH is 2. The third-order valence-electron chi connectivity index (χ3n) is 6.43. The molecule has 2 aliphatic heterocycles. The number of aromatic hydroxyl groups is 1.